The van der Waals surface area contributed by atoms with Crippen LogP contribution in [0.5, 0.6) is 0 Å². The van der Waals surface area contributed by atoms with Gasteiger partial charge in [-0.1, -0.05) is 26.7 Å². The average molecular weight is 325 g/mol. The Balaban J connectivity index is 1.85. The van der Waals surface area contributed by atoms with E-state index >= 15 is 0 Å². The van der Waals surface area contributed by atoms with Gasteiger partial charge in [-0.05, 0) is 38.0 Å². The van der Waals surface area contributed by atoms with Crippen LogP contribution in [0.15, 0.2) is 0 Å². The minimum absolute atomic E-state index is 0.154. The summed E-state index contributed by atoms with van der Waals surface area (Å²) < 4.78 is 5.70. The van der Waals surface area contributed by atoms with E-state index in [-0.39, 0.29) is 23.9 Å². The minimum Gasteiger partial charge on any atom is -0.481 e. The number of piperidine rings is 1. The van der Waals surface area contributed by atoms with Crippen LogP contribution in [-0.2, 0) is 14.3 Å². The van der Waals surface area contributed by atoms with Crippen molar-refractivity contribution in [3.8, 4) is 0 Å². The third-order valence-electron chi connectivity index (χ3n) is 5.52. The number of aliphatic carboxylic acids is 1. The first kappa shape index (κ1) is 18.2. The molecule has 2 aliphatic rings. The molecule has 2 fully saturated rings. The van der Waals surface area contributed by atoms with Crippen molar-refractivity contribution in [3.63, 3.8) is 0 Å². The van der Waals surface area contributed by atoms with Gasteiger partial charge in [-0.25, -0.2) is 0 Å². The number of ether oxygens (including phenoxy) is 1. The number of carbonyl (C=O) groups is 2. The molecule has 0 aromatic heterocycles. The number of hydrogen-bond acceptors (Lipinski definition) is 3. The zero-order valence-electron chi connectivity index (χ0n) is 14.5. The van der Waals surface area contributed by atoms with Gasteiger partial charge >= 0.3 is 5.97 Å². The third kappa shape index (κ3) is 4.46. The molecular formula is C18H31NO4. The summed E-state index contributed by atoms with van der Waals surface area (Å²) in [5, 5.41) is 9.30. The molecule has 2 unspecified atom stereocenters. The van der Waals surface area contributed by atoms with Gasteiger partial charge in [0.2, 0.25) is 5.91 Å². The zero-order chi connectivity index (χ0) is 16.8. The van der Waals surface area contributed by atoms with Gasteiger partial charge in [-0.2, -0.15) is 0 Å². The number of carboxylic acid groups (broad SMARTS) is 1. The summed E-state index contributed by atoms with van der Waals surface area (Å²) in [7, 11) is 0. The molecule has 3 atom stereocenters. The van der Waals surface area contributed by atoms with Crippen LogP contribution in [0, 0.1) is 17.8 Å². The van der Waals surface area contributed by atoms with Gasteiger partial charge in [-0.3, -0.25) is 9.59 Å². The highest BCUT2D eigenvalue weighted by Gasteiger charge is 2.41. The van der Waals surface area contributed by atoms with E-state index in [1.165, 1.54) is 0 Å². The van der Waals surface area contributed by atoms with Crippen LogP contribution in [0.3, 0.4) is 0 Å². The van der Waals surface area contributed by atoms with Crippen LogP contribution in [0.1, 0.15) is 58.8 Å². The first-order chi connectivity index (χ1) is 11.1. The molecule has 23 heavy (non-hydrogen) atoms. The smallest absolute Gasteiger partial charge is 0.309 e. The maximum atomic E-state index is 12.6. The molecule has 0 aromatic rings. The van der Waals surface area contributed by atoms with Crippen molar-refractivity contribution in [2.75, 3.05) is 19.7 Å². The molecular weight excluding hydrogens is 294 g/mol. The van der Waals surface area contributed by atoms with Gasteiger partial charge in [0.1, 0.15) is 0 Å². The Labute approximate surface area is 139 Å². The van der Waals surface area contributed by atoms with Crippen LogP contribution >= 0.6 is 0 Å². The van der Waals surface area contributed by atoms with E-state index in [2.05, 4.69) is 13.8 Å². The molecule has 5 nitrogen and oxygen atoms in total. The molecule has 0 aliphatic carbocycles. The van der Waals surface area contributed by atoms with E-state index < -0.39 is 5.97 Å². The summed E-state index contributed by atoms with van der Waals surface area (Å²) in [6, 6.07) is 0. The number of amides is 1. The van der Waals surface area contributed by atoms with Gasteiger partial charge in [0.05, 0.1) is 12.0 Å². The Hall–Kier alpha value is -1.10. The van der Waals surface area contributed by atoms with Crippen molar-refractivity contribution in [3.05, 3.63) is 0 Å². The fourth-order valence-electron chi connectivity index (χ4n) is 4.00. The molecule has 2 aliphatic heterocycles. The number of nitrogens with zero attached hydrogens (tertiary/aromatic N) is 1. The molecule has 2 heterocycles. The molecule has 0 saturated carbocycles. The third-order valence-corrected chi connectivity index (χ3v) is 5.52. The van der Waals surface area contributed by atoms with Crippen LogP contribution in [-0.4, -0.2) is 47.7 Å². The maximum Gasteiger partial charge on any atom is 0.309 e. The lowest BCUT2D eigenvalue weighted by Gasteiger charge is -2.37. The number of rotatable bonds is 7. The van der Waals surface area contributed by atoms with Gasteiger partial charge in [0.15, 0.2) is 0 Å². The summed E-state index contributed by atoms with van der Waals surface area (Å²) in [4.78, 5) is 25.9. The largest absolute Gasteiger partial charge is 0.481 e. The highest BCUT2D eigenvalue weighted by atomic mass is 16.5. The summed E-state index contributed by atoms with van der Waals surface area (Å²) in [6.07, 6.45) is 6.32. The second-order valence-corrected chi connectivity index (χ2v) is 6.98. The van der Waals surface area contributed by atoms with Crippen LogP contribution in [0.25, 0.3) is 0 Å². The Kier molecular flexibility index (Phi) is 6.88. The summed E-state index contributed by atoms with van der Waals surface area (Å²) in [5.41, 5.74) is 0. The van der Waals surface area contributed by atoms with Gasteiger partial charge in [0.25, 0.3) is 0 Å². The first-order valence-corrected chi connectivity index (χ1v) is 9.21. The van der Waals surface area contributed by atoms with E-state index in [0.29, 0.717) is 18.9 Å². The van der Waals surface area contributed by atoms with Gasteiger partial charge in [-0.15, -0.1) is 0 Å². The van der Waals surface area contributed by atoms with E-state index in [1.807, 2.05) is 4.90 Å². The van der Waals surface area contributed by atoms with Crippen molar-refractivity contribution in [2.24, 2.45) is 17.8 Å². The second kappa shape index (κ2) is 8.67. The van der Waals surface area contributed by atoms with Crippen LogP contribution in [0.4, 0.5) is 0 Å². The normalized spacial score (nSPS) is 27.1. The number of carboxylic acids is 1. The second-order valence-electron chi connectivity index (χ2n) is 6.98. The summed E-state index contributed by atoms with van der Waals surface area (Å²) in [6.45, 7) is 6.30. The topological polar surface area (TPSA) is 66.8 Å². The van der Waals surface area contributed by atoms with Gasteiger partial charge in [0, 0.05) is 25.6 Å². The molecule has 1 N–H and O–H groups in total. The molecule has 0 bridgehead atoms. The first-order valence-electron chi connectivity index (χ1n) is 9.21. The maximum absolute atomic E-state index is 12.6. The van der Waals surface area contributed by atoms with Crippen molar-refractivity contribution < 1.29 is 19.4 Å². The highest BCUT2D eigenvalue weighted by Crippen LogP contribution is 2.33. The Morgan fingerprint density at radius 3 is 2.48 bits per heavy atom. The Bertz CT molecular complexity index is 404. The number of hydrogen-bond donors (Lipinski definition) is 1. The quantitative estimate of drug-likeness (QED) is 0.781. The zero-order valence-corrected chi connectivity index (χ0v) is 14.5. The fourth-order valence-corrected chi connectivity index (χ4v) is 4.00. The molecule has 2 rings (SSSR count). The van der Waals surface area contributed by atoms with E-state index in [0.717, 1.165) is 51.6 Å². The van der Waals surface area contributed by atoms with Crippen molar-refractivity contribution in [1.29, 1.82) is 0 Å². The lowest BCUT2D eigenvalue weighted by Crippen LogP contribution is -2.45. The lowest BCUT2D eigenvalue weighted by atomic mass is 9.84. The van der Waals surface area contributed by atoms with E-state index in [1.54, 1.807) is 0 Å². The predicted molar refractivity (Wildman–Crippen MR) is 88.1 cm³/mol. The Morgan fingerprint density at radius 1 is 1.22 bits per heavy atom. The van der Waals surface area contributed by atoms with Crippen LogP contribution < -0.4 is 0 Å². The average Bonchev–Trinajstić information content (AvgIpc) is 3.05. The molecule has 5 heteroatoms. The van der Waals surface area contributed by atoms with Crippen molar-refractivity contribution >= 4 is 11.9 Å². The van der Waals surface area contributed by atoms with Gasteiger partial charge < -0.3 is 14.7 Å². The van der Waals surface area contributed by atoms with Crippen molar-refractivity contribution in [2.45, 2.75) is 64.9 Å². The summed E-state index contributed by atoms with van der Waals surface area (Å²) in [5.74, 6) is -0.382. The molecule has 0 radical (unpaired) electrons. The van der Waals surface area contributed by atoms with E-state index in [4.69, 9.17) is 4.74 Å². The molecule has 0 spiro atoms. The molecule has 0 aromatic carbocycles. The number of unbranched alkanes of at least 4 members (excludes halogenated alkanes) is 1. The highest BCUT2D eigenvalue weighted by molar-refractivity contribution is 5.78. The van der Waals surface area contributed by atoms with E-state index in [9.17, 15) is 14.7 Å². The fraction of sp³-hybridized carbons (Fsp3) is 0.889. The SMILES string of the molecule is CCCCC(CC)C(=O)N1CCC([C@@H]2OCCC2C(=O)O)CC1. The van der Waals surface area contributed by atoms with Crippen LogP contribution in [0.2, 0.25) is 0 Å². The minimum atomic E-state index is -0.739. The number of likely N-dealkylation sites (tertiary alicyclic amines) is 1. The lowest BCUT2D eigenvalue weighted by molar-refractivity contribution is -0.146. The Morgan fingerprint density at radius 2 is 1.91 bits per heavy atom. The summed E-state index contributed by atoms with van der Waals surface area (Å²) >= 11 is 0. The molecule has 132 valence electrons. The monoisotopic (exact) mass is 325 g/mol. The van der Waals surface area contributed by atoms with Crippen molar-refractivity contribution in [1.82, 2.24) is 4.90 Å². The number of carbonyl (C=O) groups excluding carboxylic acids is 1. The predicted octanol–water partition coefficient (Wildman–Crippen LogP) is 2.93. The molecule has 1 amide bonds. The standard InChI is InChI=1S/C18H31NO4/c1-3-5-6-13(4-2)17(20)19-10-7-14(8-11-19)16-15(18(21)22)9-12-23-16/h13-16H,3-12H2,1-2H3,(H,21,22)/t13?,15?,16-/m0/s1. The molecule has 2 saturated heterocycles.